The van der Waals surface area contributed by atoms with Crippen LogP contribution in [0, 0.1) is 17.3 Å². The molecule has 1 unspecified atom stereocenters. The Kier molecular flexibility index (Phi) is 3.52. The first-order valence-corrected chi connectivity index (χ1v) is 8.06. The van der Waals surface area contributed by atoms with Gasteiger partial charge in [0.05, 0.1) is 0 Å². The summed E-state index contributed by atoms with van der Waals surface area (Å²) in [6.07, 6.45) is 0. The predicted molar refractivity (Wildman–Crippen MR) is 76.6 cm³/mol. The fourth-order valence-corrected chi connectivity index (χ4v) is 6.07. The molecule has 0 nitrogen and oxygen atoms in total. The minimum atomic E-state index is 0.408. The molecule has 0 saturated carbocycles. The van der Waals surface area contributed by atoms with Crippen molar-refractivity contribution in [3.05, 3.63) is 40.4 Å². The van der Waals surface area contributed by atoms with Crippen LogP contribution in [-0.4, -0.2) is 15.0 Å². The van der Waals surface area contributed by atoms with E-state index in [1.54, 1.807) is 10.0 Å². The topological polar surface area (TPSA) is 0 Å². The Labute approximate surface area is 112 Å². The normalized spacial score (nSPS) is 24.8. The van der Waals surface area contributed by atoms with Crippen LogP contribution in [0.4, 0.5) is 0 Å². The summed E-state index contributed by atoms with van der Waals surface area (Å²) < 4.78 is 3.25. The van der Waals surface area contributed by atoms with Crippen molar-refractivity contribution >= 4 is 19.4 Å². The van der Waals surface area contributed by atoms with E-state index in [0.29, 0.717) is 20.4 Å². The molecule has 0 fully saturated rings. The van der Waals surface area contributed by atoms with Crippen molar-refractivity contribution in [1.29, 1.82) is 0 Å². The van der Waals surface area contributed by atoms with Crippen LogP contribution in [0.3, 0.4) is 0 Å². The molecule has 0 aromatic heterocycles. The fraction of sp³-hybridized carbons (Fsp3) is 0.500. The number of hydrogen-bond donors (Lipinski definition) is 0. The van der Waals surface area contributed by atoms with Gasteiger partial charge in [-0.15, -0.1) is 0 Å². The third-order valence-corrected chi connectivity index (χ3v) is 6.49. The van der Waals surface area contributed by atoms with Crippen molar-refractivity contribution in [1.82, 2.24) is 0 Å². The van der Waals surface area contributed by atoms with E-state index in [-0.39, 0.29) is 0 Å². The third kappa shape index (κ3) is 2.51. The van der Waals surface area contributed by atoms with E-state index in [9.17, 15) is 0 Å². The Bertz CT molecular complexity index is 423. The molecule has 0 heterocycles. The molecule has 1 aliphatic carbocycles. The van der Waals surface area contributed by atoms with Gasteiger partial charge in [0, 0.05) is 0 Å². The summed E-state index contributed by atoms with van der Waals surface area (Å²) in [5.74, 6) is 1.55. The van der Waals surface area contributed by atoms with Crippen LogP contribution in [0.1, 0.15) is 34.6 Å². The number of allylic oxidation sites excluding steroid dienone is 2. The van der Waals surface area contributed by atoms with Crippen molar-refractivity contribution in [2.75, 3.05) is 0 Å². The van der Waals surface area contributed by atoms with E-state index in [1.165, 1.54) is 4.46 Å². The second-order valence-corrected chi connectivity index (χ2v) is 8.43. The Hall–Kier alpha value is -0.521. The Morgan fingerprint density at radius 1 is 1.06 bits per heavy atom. The summed E-state index contributed by atoms with van der Waals surface area (Å²) in [4.78, 5) is 0. The summed E-state index contributed by atoms with van der Waals surface area (Å²) in [6, 6.07) is 10.9. The van der Waals surface area contributed by atoms with Gasteiger partial charge in [-0.25, -0.2) is 0 Å². The van der Waals surface area contributed by atoms with Crippen molar-refractivity contribution in [3.63, 3.8) is 0 Å². The van der Waals surface area contributed by atoms with Crippen LogP contribution in [-0.2, 0) is 0 Å². The summed E-state index contributed by atoms with van der Waals surface area (Å²) in [5, 5.41) is 0. The zero-order chi connectivity index (χ0) is 12.6. The van der Waals surface area contributed by atoms with Crippen LogP contribution in [0.15, 0.2) is 40.4 Å². The quantitative estimate of drug-likeness (QED) is 0.731. The molecule has 17 heavy (non-hydrogen) atoms. The van der Waals surface area contributed by atoms with Gasteiger partial charge in [-0.05, 0) is 0 Å². The first kappa shape index (κ1) is 12.9. The predicted octanol–water partition coefficient (Wildman–Crippen LogP) is 3.60. The van der Waals surface area contributed by atoms with Crippen LogP contribution in [0.5, 0.6) is 0 Å². The first-order valence-electron chi connectivity index (χ1n) is 6.35. The van der Waals surface area contributed by atoms with E-state index >= 15 is 0 Å². The van der Waals surface area contributed by atoms with Gasteiger partial charge < -0.3 is 0 Å². The zero-order valence-electron chi connectivity index (χ0n) is 11.4. The molecule has 0 aliphatic heterocycles. The van der Waals surface area contributed by atoms with Gasteiger partial charge in [0.15, 0.2) is 0 Å². The second-order valence-electron chi connectivity index (χ2n) is 6.09. The Morgan fingerprint density at radius 3 is 2.18 bits per heavy atom. The molecule has 1 heteroatoms. The molecule has 0 bridgehead atoms. The number of benzene rings is 1. The van der Waals surface area contributed by atoms with Gasteiger partial charge >= 0.3 is 112 Å². The average Bonchev–Trinajstić information content (AvgIpc) is 2.27. The second kappa shape index (κ2) is 4.63. The van der Waals surface area contributed by atoms with Crippen molar-refractivity contribution < 1.29 is 0 Å². The molecular weight excluding hydrogens is 271 g/mol. The molecule has 2 atom stereocenters. The Balaban J connectivity index is 2.21. The van der Waals surface area contributed by atoms with E-state index in [2.05, 4.69) is 65.0 Å². The maximum atomic E-state index is 2.38. The van der Waals surface area contributed by atoms with Crippen LogP contribution in [0.25, 0.3) is 0 Å². The molecule has 1 aromatic rings. The van der Waals surface area contributed by atoms with Gasteiger partial charge in [0.2, 0.25) is 0 Å². The van der Waals surface area contributed by atoms with Crippen LogP contribution in [0.2, 0.25) is 0 Å². The molecule has 1 aromatic carbocycles. The summed E-state index contributed by atoms with van der Waals surface area (Å²) in [7, 11) is 0. The summed E-state index contributed by atoms with van der Waals surface area (Å²) >= 11 is 0.524. The molecule has 0 N–H and O–H groups in total. The summed E-state index contributed by atoms with van der Waals surface area (Å²) in [6.45, 7) is 11.8. The van der Waals surface area contributed by atoms with Crippen molar-refractivity contribution in [2.45, 2.75) is 34.6 Å². The molecule has 1 aliphatic rings. The molecule has 92 valence electrons. The first-order chi connectivity index (χ1) is 7.91. The van der Waals surface area contributed by atoms with E-state index < -0.39 is 0 Å². The zero-order valence-corrected chi connectivity index (χ0v) is 13.2. The van der Waals surface area contributed by atoms with Gasteiger partial charge in [-0.2, -0.15) is 0 Å². The SMILES string of the molecule is CC1=C([Se]c2ccccc2)C(C(C)(C)C)[C@@H]1C. The molecular formula is C16H22Se. The van der Waals surface area contributed by atoms with Crippen molar-refractivity contribution in [2.24, 2.45) is 17.3 Å². The van der Waals surface area contributed by atoms with E-state index in [0.717, 1.165) is 11.8 Å². The fourth-order valence-electron chi connectivity index (χ4n) is 2.75. The monoisotopic (exact) mass is 294 g/mol. The standard InChI is InChI=1S/C16H22Se/c1-11-12(2)15(14(11)16(3,4)5)17-13-9-7-6-8-10-13/h6-11,14H,1-5H3/t11-,14?/m1/s1. The van der Waals surface area contributed by atoms with Crippen LogP contribution < -0.4 is 4.46 Å². The minimum absolute atomic E-state index is 0.408. The summed E-state index contributed by atoms with van der Waals surface area (Å²) in [5.41, 5.74) is 2.05. The number of hydrogen-bond acceptors (Lipinski definition) is 0. The molecule has 0 saturated heterocycles. The Morgan fingerprint density at radius 2 is 1.65 bits per heavy atom. The molecule has 0 radical (unpaired) electrons. The third-order valence-electron chi connectivity index (χ3n) is 3.76. The van der Waals surface area contributed by atoms with Crippen LogP contribution >= 0.6 is 0 Å². The molecule has 0 spiro atoms. The molecule has 2 rings (SSSR count). The van der Waals surface area contributed by atoms with Gasteiger partial charge in [-0.1, -0.05) is 0 Å². The maximum absolute atomic E-state index is 2.38. The van der Waals surface area contributed by atoms with Gasteiger partial charge in [-0.3, -0.25) is 0 Å². The van der Waals surface area contributed by atoms with E-state index in [4.69, 9.17) is 0 Å². The van der Waals surface area contributed by atoms with Gasteiger partial charge in [0.1, 0.15) is 0 Å². The van der Waals surface area contributed by atoms with Crippen molar-refractivity contribution in [3.8, 4) is 0 Å². The number of rotatable bonds is 2. The van der Waals surface area contributed by atoms with Gasteiger partial charge in [0.25, 0.3) is 0 Å². The van der Waals surface area contributed by atoms with E-state index in [1.807, 2.05) is 0 Å². The molecule has 0 amide bonds. The average molecular weight is 293 g/mol.